The Bertz CT molecular complexity index is 733. The first-order valence-corrected chi connectivity index (χ1v) is 13.8. The highest BCUT2D eigenvalue weighted by Crippen LogP contribution is 2.34. The first kappa shape index (κ1) is 25.4. The summed E-state index contributed by atoms with van der Waals surface area (Å²) < 4.78 is 5.40. The highest BCUT2D eigenvalue weighted by atomic mass is 16.5. The lowest BCUT2D eigenvalue weighted by molar-refractivity contribution is -0.140. The third kappa shape index (κ3) is 6.51. The van der Waals surface area contributed by atoms with Gasteiger partial charge in [0.1, 0.15) is 5.54 Å². The third-order valence-electron chi connectivity index (χ3n) is 8.88. The van der Waals surface area contributed by atoms with Crippen molar-refractivity contribution in [2.45, 2.75) is 95.6 Å². The zero-order valence-electron chi connectivity index (χ0n) is 21.1. The van der Waals surface area contributed by atoms with Gasteiger partial charge in [-0.2, -0.15) is 5.26 Å². The van der Waals surface area contributed by atoms with E-state index in [1.54, 1.807) is 0 Å². The molecular weight excluding hydrogens is 428 g/mol. The molecule has 4 fully saturated rings. The number of nitrogens with one attached hydrogen (secondary N) is 1. The number of nitrogens with zero attached hydrogens (tertiary/aromatic N) is 3. The second kappa shape index (κ2) is 11.9. The molecule has 0 bridgehead atoms. The lowest BCUT2D eigenvalue weighted by Crippen LogP contribution is -2.53. The molecule has 0 radical (unpaired) electrons. The highest BCUT2D eigenvalue weighted by Gasteiger charge is 2.43. The minimum atomic E-state index is -0.824. The maximum Gasteiger partial charge on any atom is 0.224 e. The van der Waals surface area contributed by atoms with Crippen LogP contribution in [0.15, 0.2) is 0 Å². The summed E-state index contributed by atoms with van der Waals surface area (Å²) in [4.78, 5) is 31.0. The van der Waals surface area contributed by atoms with Crippen molar-refractivity contribution in [1.29, 1.82) is 5.26 Å². The number of hydrogen-bond acceptors (Lipinski definition) is 5. The van der Waals surface area contributed by atoms with E-state index in [0.29, 0.717) is 51.2 Å². The average molecular weight is 473 g/mol. The van der Waals surface area contributed by atoms with Crippen molar-refractivity contribution in [2.75, 3.05) is 39.4 Å². The van der Waals surface area contributed by atoms with Crippen LogP contribution in [0.2, 0.25) is 0 Å². The van der Waals surface area contributed by atoms with E-state index in [9.17, 15) is 14.9 Å². The van der Waals surface area contributed by atoms with E-state index in [1.165, 1.54) is 44.9 Å². The molecule has 2 saturated heterocycles. The van der Waals surface area contributed by atoms with E-state index in [2.05, 4.69) is 23.2 Å². The molecule has 0 spiro atoms. The second-order valence-corrected chi connectivity index (χ2v) is 11.5. The fraction of sp³-hybridized carbons (Fsp3) is 0.889. The average Bonchev–Trinajstić information content (AvgIpc) is 3.30. The molecule has 2 aliphatic carbocycles. The van der Waals surface area contributed by atoms with Crippen LogP contribution in [-0.2, 0) is 14.3 Å². The molecule has 2 aliphatic heterocycles. The summed E-state index contributed by atoms with van der Waals surface area (Å²) in [5.41, 5.74) is -0.824. The van der Waals surface area contributed by atoms with Gasteiger partial charge in [-0.3, -0.25) is 14.5 Å². The number of amides is 2. The molecule has 7 nitrogen and oxygen atoms in total. The van der Waals surface area contributed by atoms with Gasteiger partial charge in [0.2, 0.25) is 11.8 Å². The molecule has 34 heavy (non-hydrogen) atoms. The van der Waals surface area contributed by atoms with Crippen molar-refractivity contribution in [1.82, 2.24) is 15.1 Å². The molecule has 7 heteroatoms. The topological polar surface area (TPSA) is 85.7 Å². The van der Waals surface area contributed by atoms with E-state index in [-0.39, 0.29) is 24.2 Å². The SMILES string of the molecule is CC1CCC(CC(CC(=O)N2CCOCC2)C(=O)NC2(C#N)CCN(C3CCCCC3)C2)CC1. The number of likely N-dealkylation sites (tertiary alicyclic amines) is 1. The van der Waals surface area contributed by atoms with Crippen LogP contribution in [0.5, 0.6) is 0 Å². The zero-order valence-corrected chi connectivity index (χ0v) is 21.1. The fourth-order valence-corrected chi connectivity index (χ4v) is 6.56. The van der Waals surface area contributed by atoms with Crippen molar-refractivity contribution in [3.05, 3.63) is 0 Å². The van der Waals surface area contributed by atoms with Gasteiger partial charge in [-0.15, -0.1) is 0 Å². The first-order chi connectivity index (χ1) is 16.5. The Hall–Kier alpha value is -1.65. The van der Waals surface area contributed by atoms with Crippen LogP contribution in [0.1, 0.15) is 84.0 Å². The fourth-order valence-electron chi connectivity index (χ4n) is 6.56. The van der Waals surface area contributed by atoms with E-state index >= 15 is 0 Å². The Morgan fingerprint density at radius 1 is 1.06 bits per heavy atom. The summed E-state index contributed by atoms with van der Waals surface area (Å²) in [7, 11) is 0. The number of rotatable bonds is 7. The minimum absolute atomic E-state index is 0.0499. The van der Waals surface area contributed by atoms with E-state index in [4.69, 9.17) is 4.74 Å². The van der Waals surface area contributed by atoms with Gasteiger partial charge in [0.25, 0.3) is 0 Å². The zero-order chi connectivity index (χ0) is 24.0. The Kier molecular flexibility index (Phi) is 8.87. The number of carbonyl (C=O) groups excluding carboxylic acids is 2. The molecule has 4 rings (SSSR count). The molecule has 4 aliphatic rings. The van der Waals surface area contributed by atoms with Crippen LogP contribution in [0.25, 0.3) is 0 Å². The van der Waals surface area contributed by atoms with Gasteiger partial charge >= 0.3 is 0 Å². The van der Waals surface area contributed by atoms with E-state index < -0.39 is 5.54 Å². The van der Waals surface area contributed by atoms with E-state index in [1.807, 2.05) is 4.90 Å². The molecule has 0 aromatic carbocycles. The van der Waals surface area contributed by atoms with Gasteiger partial charge in [-0.05, 0) is 37.5 Å². The lowest BCUT2D eigenvalue weighted by Gasteiger charge is -2.34. The molecule has 2 saturated carbocycles. The molecule has 190 valence electrons. The molecule has 2 atom stereocenters. The summed E-state index contributed by atoms with van der Waals surface area (Å²) in [6, 6.07) is 3.02. The molecule has 2 amide bonds. The summed E-state index contributed by atoms with van der Waals surface area (Å²) in [5.74, 6) is 0.846. The largest absolute Gasteiger partial charge is 0.378 e. The Morgan fingerprint density at radius 3 is 2.44 bits per heavy atom. The molecule has 1 N–H and O–H groups in total. The quantitative estimate of drug-likeness (QED) is 0.613. The Balaban J connectivity index is 1.40. The molecule has 2 unspecified atom stereocenters. The Morgan fingerprint density at radius 2 is 1.76 bits per heavy atom. The van der Waals surface area contributed by atoms with Crippen LogP contribution in [0.4, 0.5) is 0 Å². The van der Waals surface area contributed by atoms with Crippen LogP contribution in [0, 0.1) is 29.1 Å². The predicted molar refractivity (Wildman–Crippen MR) is 131 cm³/mol. The van der Waals surface area contributed by atoms with Gasteiger partial charge in [0.15, 0.2) is 0 Å². The summed E-state index contributed by atoms with van der Waals surface area (Å²) >= 11 is 0. The molecular formula is C27H44N4O3. The van der Waals surface area contributed by atoms with E-state index in [0.717, 1.165) is 31.7 Å². The summed E-state index contributed by atoms with van der Waals surface area (Å²) in [6.07, 6.45) is 12.6. The maximum absolute atomic E-state index is 13.6. The molecule has 2 heterocycles. The first-order valence-electron chi connectivity index (χ1n) is 13.8. The van der Waals surface area contributed by atoms with Gasteiger partial charge in [0.05, 0.1) is 19.3 Å². The van der Waals surface area contributed by atoms with Gasteiger partial charge < -0.3 is 15.0 Å². The predicted octanol–water partition coefficient (Wildman–Crippen LogP) is 3.48. The number of morpholine rings is 1. The van der Waals surface area contributed by atoms with Crippen molar-refractivity contribution < 1.29 is 14.3 Å². The van der Waals surface area contributed by atoms with Gasteiger partial charge in [-0.25, -0.2) is 0 Å². The molecule has 0 aromatic heterocycles. The summed E-state index contributed by atoms with van der Waals surface area (Å²) in [5, 5.41) is 13.3. The normalized spacial score (nSPS) is 32.2. The summed E-state index contributed by atoms with van der Waals surface area (Å²) in [6.45, 7) is 6.13. The number of ether oxygens (including phenoxy) is 1. The van der Waals surface area contributed by atoms with Crippen molar-refractivity contribution in [2.24, 2.45) is 17.8 Å². The van der Waals surface area contributed by atoms with Crippen LogP contribution in [-0.4, -0.2) is 72.6 Å². The number of nitriles is 1. The second-order valence-electron chi connectivity index (χ2n) is 11.5. The minimum Gasteiger partial charge on any atom is -0.378 e. The Labute approximate surface area is 205 Å². The monoisotopic (exact) mass is 472 g/mol. The van der Waals surface area contributed by atoms with Gasteiger partial charge in [-0.1, -0.05) is 51.9 Å². The smallest absolute Gasteiger partial charge is 0.224 e. The lowest BCUT2D eigenvalue weighted by atomic mass is 9.77. The van der Waals surface area contributed by atoms with Crippen molar-refractivity contribution in [3.63, 3.8) is 0 Å². The maximum atomic E-state index is 13.6. The van der Waals surface area contributed by atoms with Crippen molar-refractivity contribution in [3.8, 4) is 6.07 Å². The van der Waals surface area contributed by atoms with Gasteiger partial charge in [0, 0.05) is 44.6 Å². The van der Waals surface area contributed by atoms with Crippen molar-refractivity contribution >= 4 is 11.8 Å². The van der Waals surface area contributed by atoms with Crippen LogP contribution >= 0.6 is 0 Å². The third-order valence-corrected chi connectivity index (χ3v) is 8.88. The van der Waals surface area contributed by atoms with Crippen LogP contribution in [0.3, 0.4) is 0 Å². The molecule has 0 aromatic rings. The van der Waals surface area contributed by atoms with Crippen LogP contribution < -0.4 is 5.32 Å². The number of hydrogen-bond donors (Lipinski definition) is 1. The number of carbonyl (C=O) groups is 2. The highest BCUT2D eigenvalue weighted by molar-refractivity contribution is 5.86. The standard InChI is InChI=1S/C27H44N4O3/c1-21-7-9-22(10-8-21)17-23(18-25(32)30-13-15-34-16-14-30)26(33)29-27(19-28)11-12-31(20-27)24-5-3-2-4-6-24/h21-24H,2-18,20H2,1H3,(H,29,33).